The molecule has 0 bridgehead atoms. The van der Waals surface area contributed by atoms with Crippen molar-refractivity contribution in [2.75, 3.05) is 6.61 Å². The molecule has 392 valence electrons. The Hall–Kier alpha value is -3.13. The van der Waals surface area contributed by atoms with Gasteiger partial charge in [0.2, 0.25) is 0 Å². The standard InChI is InChI=1S/C46H76O22/c1-11-13-15-16-17-19-21-56-43-33(54)38(36(24(5)58-43)65-30(51)20-18-14-12-2)67-46-42(64-29(10)50)41(37(25(6)60-46)62-27(8)48)68-44-34(55)39(35(23(4)59-44)61-26(7)47)66-45-40(63-28(9)49)32(53)31(52)22(3)57-45/h22-25,31-46,52-55H,11-21H2,1-10H3/t22-,23-,24-,25-,31-,32+,33+,34+,35-,36-,37-,38-,39-,40+,41+,42+,43+,44-,45-,46-/m0/s1. The van der Waals surface area contributed by atoms with Gasteiger partial charge in [-0.25, -0.2) is 0 Å². The van der Waals surface area contributed by atoms with E-state index in [-0.39, 0.29) is 13.0 Å². The van der Waals surface area contributed by atoms with Crippen molar-refractivity contribution in [1.82, 2.24) is 0 Å². The van der Waals surface area contributed by atoms with Gasteiger partial charge < -0.3 is 82.0 Å². The number of carbonyl (C=O) groups is 5. The normalized spacial score (nSPS) is 38.5. The third-order valence-corrected chi connectivity index (χ3v) is 12.1. The van der Waals surface area contributed by atoms with Crippen LogP contribution in [0.15, 0.2) is 0 Å². The SMILES string of the molecule is CCCCCCCCO[C@@H]1O[C@@H](C)[C@H](OC(=O)CCCCC)[C@@H](O[C@@H]2O[C@@H](C)[C@H](OC(C)=O)[C@@H](O[C@@H]3O[C@@H](C)[C@H](OC(C)=O)[C@@H](O[C@@H]4O[C@@H](C)[C@H](O)[C@@H](O)[C@H]4OC(C)=O)[C@H]3O)[C@H]2OC(C)=O)[C@H]1O. The van der Waals surface area contributed by atoms with Crippen LogP contribution in [-0.2, 0) is 85.6 Å². The quantitative estimate of drug-likeness (QED) is 0.0648. The van der Waals surface area contributed by atoms with Crippen molar-refractivity contribution < 1.29 is 106 Å². The molecule has 0 aliphatic carbocycles. The second kappa shape index (κ2) is 27.5. The van der Waals surface area contributed by atoms with Crippen molar-refractivity contribution in [2.24, 2.45) is 0 Å². The van der Waals surface area contributed by atoms with Gasteiger partial charge in [0.25, 0.3) is 0 Å². The zero-order valence-corrected chi connectivity index (χ0v) is 41.0. The van der Waals surface area contributed by atoms with Crippen molar-refractivity contribution in [1.29, 1.82) is 0 Å². The number of aliphatic hydroxyl groups is 4. The summed E-state index contributed by atoms with van der Waals surface area (Å²) in [6, 6.07) is 0. The molecule has 4 aliphatic rings. The topological polar surface area (TPSA) is 286 Å². The molecule has 0 aromatic heterocycles. The van der Waals surface area contributed by atoms with Gasteiger partial charge in [-0.05, 0) is 40.5 Å². The molecule has 0 saturated carbocycles. The lowest BCUT2D eigenvalue weighted by molar-refractivity contribution is -0.385. The molecule has 0 radical (unpaired) electrons. The first-order valence-corrected chi connectivity index (χ1v) is 24.0. The summed E-state index contributed by atoms with van der Waals surface area (Å²) >= 11 is 0. The second-order valence-corrected chi connectivity index (χ2v) is 17.9. The lowest BCUT2D eigenvalue weighted by atomic mass is 9.95. The summed E-state index contributed by atoms with van der Waals surface area (Å²) in [6.45, 7) is 14.8. The molecule has 22 heteroatoms. The average molecular weight is 981 g/mol. The molecule has 0 spiro atoms. The van der Waals surface area contributed by atoms with Crippen LogP contribution in [0.5, 0.6) is 0 Å². The Balaban J connectivity index is 1.70. The Labute approximate surface area is 398 Å². The maximum absolute atomic E-state index is 13.2. The summed E-state index contributed by atoms with van der Waals surface area (Å²) in [5, 5.41) is 45.4. The van der Waals surface area contributed by atoms with Gasteiger partial charge in [0.1, 0.15) is 42.7 Å². The molecule has 0 aromatic carbocycles. The van der Waals surface area contributed by atoms with E-state index >= 15 is 0 Å². The minimum atomic E-state index is -1.94. The van der Waals surface area contributed by atoms with E-state index in [0.717, 1.165) is 72.6 Å². The first kappa shape index (κ1) is 57.4. The van der Waals surface area contributed by atoms with E-state index in [1.54, 1.807) is 6.92 Å². The smallest absolute Gasteiger partial charge is 0.306 e. The Morgan fingerprint density at radius 1 is 0.397 bits per heavy atom. The first-order chi connectivity index (χ1) is 32.2. The molecule has 20 atom stereocenters. The molecule has 0 amide bonds. The van der Waals surface area contributed by atoms with Crippen LogP contribution in [0.3, 0.4) is 0 Å². The number of hydrogen-bond donors (Lipinski definition) is 4. The van der Waals surface area contributed by atoms with Gasteiger partial charge in [-0.1, -0.05) is 58.8 Å². The van der Waals surface area contributed by atoms with Crippen molar-refractivity contribution >= 4 is 29.8 Å². The van der Waals surface area contributed by atoms with E-state index in [1.165, 1.54) is 20.8 Å². The molecule has 4 aliphatic heterocycles. The van der Waals surface area contributed by atoms with E-state index in [2.05, 4.69) is 6.92 Å². The summed E-state index contributed by atoms with van der Waals surface area (Å²) in [4.78, 5) is 63.3. The summed E-state index contributed by atoms with van der Waals surface area (Å²) in [5.41, 5.74) is 0. The molecule has 4 fully saturated rings. The highest BCUT2D eigenvalue weighted by atomic mass is 16.8. The van der Waals surface area contributed by atoms with Gasteiger partial charge in [-0.3, -0.25) is 24.0 Å². The number of aliphatic hydroxyl groups excluding tert-OH is 4. The van der Waals surface area contributed by atoms with Gasteiger partial charge >= 0.3 is 29.8 Å². The minimum Gasteiger partial charge on any atom is -0.457 e. The lowest BCUT2D eigenvalue weighted by Gasteiger charge is -2.50. The average Bonchev–Trinajstić information content (AvgIpc) is 3.25. The van der Waals surface area contributed by atoms with Crippen LogP contribution in [0.4, 0.5) is 0 Å². The summed E-state index contributed by atoms with van der Waals surface area (Å²) in [7, 11) is 0. The molecule has 0 unspecified atom stereocenters. The van der Waals surface area contributed by atoms with Crippen molar-refractivity contribution in [2.45, 2.75) is 256 Å². The van der Waals surface area contributed by atoms with Crippen LogP contribution in [0.1, 0.15) is 133 Å². The molecule has 22 nitrogen and oxygen atoms in total. The molecule has 4 heterocycles. The highest BCUT2D eigenvalue weighted by Crippen LogP contribution is 2.38. The fourth-order valence-corrected chi connectivity index (χ4v) is 8.67. The zero-order chi connectivity index (χ0) is 50.4. The first-order valence-electron chi connectivity index (χ1n) is 24.0. The highest BCUT2D eigenvalue weighted by Gasteiger charge is 2.58. The third kappa shape index (κ3) is 15.9. The van der Waals surface area contributed by atoms with E-state index in [1.807, 2.05) is 6.92 Å². The van der Waals surface area contributed by atoms with Crippen LogP contribution in [0.2, 0.25) is 0 Å². The van der Waals surface area contributed by atoms with E-state index in [9.17, 15) is 44.4 Å². The molecule has 4 rings (SSSR count). The lowest BCUT2D eigenvalue weighted by Crippen LogP contribution is -2.68. The fourth-order valence-electron chi connectivity index (χ4n) is 8.67. The van der Waals surface area contributed by atoms with Crippen molar-refractivity contribution in [3.63, 3.8) is 0 Å². The van der Waals surface area contributed by atoms with Gasteiger partial charge in [0.05, 0.1) is 24.4 Å². The Morgan fingerprint density at radius 2 is 0.794 bits per heavy atom. The Bertz CT molecular complexity index is 1600. The zero-order valence-electron chi connectivity index (χ0n) is 41.0. The Kier molecular flexibility index (Phi) is 23.2. The van der Waals surface area contributed by atoms with E-state index in [0.29, 0.717) is 12.8 Å². The number of carbonyl (C=O) groups excluding carboxylic acids is 5. The monoisotopic (exact) mass is 980 g/mol. The van der Waals surface area contributed by atoms with Gasteiger partial charge in [-0.2, -0.15) is 0 Å². The number of rotatable bonds is 23. The highest BCUT2D eigenvalue weighted by molar-refractivity contribution is 5.69. The Morgan fingerprint density at radius 3 is 1.35 bits per heavy atom. The molecule has 4 saturated heterocycles. The summed E-state index contributed by atoms with van der Waals surface area (Å²) in [5.74, 6) is -3.92. The van der Waals surface area contributed by atoms with Crippen LogP contribution >= 0.6 is 0 Å². The maximum atomic E-state index is 13.2. The number of ether oxygens (including phenoxy) is 13. The maximum Gasteiger partial charge on any atom is 0.306 e. The number of esters is 5. The number of unbranched alkanes of at least 4 members (excludes halogenated alkanes) is 7. The molecule has 0 aromatic rings. The minimum absolute atomic E-state index is 0.0782. The number of hydrogen-bond acceptors (Lipinski definition) is 22. The van der Waals surface area contributed by atoms with Crippen LogP contribution in [0.25, 0.3) is 0 Å². The molecule has 68 heavy (non-hydrogen) atoms. The van der Waals surface area contributed by atoms with E-state index < -0.39 is 153 Å². The van der Waals surface area contributed by atoms with Crippen molar-refractivity contribution in [3.05, 3.63) is 0 Å². The second-order valence-electron chi connectivity index (χ2n) is 17.9. The van der Waals surface area contributed by atoms with E-state index in [4.69, 9.17) is 61.6 Å². The largest absolute Gasteiger partial charge is 0.457 e. The van der Waals surface area contributed by atoms with Gasteiger partial charge in [-0.15, -0.1) is 0 Å². The summed E-state index contributed by atoms with van der Waals surface area (Å²) < 4.78 is 77.6. The van der Waals surface area contributed by atoms with Crippen molar-refractivity contribution in [3.8, 4) is 0 Å². The molecular formula is C46H76O22. The molecule has 4 N–H and O–H groups in total. The van der Waals surface area contributed by atoms with Crippen LogP contribution < -0.4 is 0 Å². The predicted octanol–water partition coefficient (Wildman–Crippen LogP) is 2.16. The van der Waals surface area contributed by atoms with Crippen LogP contribution in [-0.4, -0.2) is 180 Å². The van der Waals surface area contributed by atoms with Crippen LogP contribution in [0, 0.1) is 0 Å². The summed E-state index contributed by atoms with van der Waals surface area (Å²) in [6.07, 6.45) is -21.2. The fraction of sp³-hybridized carbons (Fsp3) is 0.891. The van der Waals surface area contributed by atoms with Gasteiger partial charge in [0, 0.05) is 40.7 Å². The van der Waals surface area contributed by atoms with Gasteiger partial charge in [0.15, 0.2) is 55.7 Å². The predicted molar refractivity (Wildman–Crippen MR) is 232 cm³/mol. The third-order valence-electron chi connectivity index (χ3n) is 12.1. The molecular weight excluding hydrogens is 904 g/mol.